The normalized spacial score (nSPS) is 11.0. The van der Waals surface area contributed by atoms with Gasteiger partial charge in [0.05, 0.1) is 0 Å². The van der Waals surface area contributed by atoms with Crippen LogP contribution in [0.2, 0.25) is 5.15 Å². The standard InChI is InChI=1S/C15H11ClF2N4O/c1-8-4-12(20-14-6-13(16)21-22(8)14)15(23)19-7-9-2-3-10(17)11(18)5-9/h2-6H,7H2,1H3,(H,19,23). The molecule has 0 saturated heterocycles. The number of benzene rings is 1. The minimum Gasteiger partial charge on any atom is -0.347 e. The van der Waals surface area contributed by atoms with E-state index < -0.39 is 17.5 Å². The van der Waals surface area contributed by atoms with Crippen molar-refractivity contribution < 1.29 is 13.6 Å². The number of aryl methyl sites for hydroxylation is 1. The maximum atomic E-state index is 13.1. The number of aromatic nitrogens is 3. The highest BCUT2D eigenvalue weighted by molar-refractivity contribution is 6.29. The summed E-state index contributed by atoms with van der Waals surface area (Å²) in [5, 5.41) is 6.92. The first-order valence-corrected chi connectivity index (χ1v) is 7.07. The second-order valence-corrected chi connectivity index (χ2v) is 5.34. The average molecular weight is 337 g/mol. The quantitative estimate of drug-likeness (QED) is 0.800. The number of nitrogens with zero attached hydrogens (tertiary/aromatic N) is 3. The Kier molecular flexibility index (Phi) is 3.96. The Bertz CT molecular complexity index is 910. The van der Waals surface area contributed by atoms with E-state index in [0.29, 0.717) is 16.9 Å². The number of rotatable bonds is 3. The number of nitrogens with one attached hydrogen (secondary N) is 1. The number of hydrogen-bond donors (Lipinski definition) is 1. The van der Waals surface area contributed by atoms with Crippen molar-refractivity contribution in [1.29, 1.82) is 0 Å². The van der Waals surface area contributed by atoms with Gasteiger partial charge in [-0.15, -0.1) is 0 Å². The van der Waals surface area contributed by atoms with Gasteiger partial charge in [0.25, 0.3) is 5.91 Å². The molecule has 0 aliphatic carbocycles. The van der Waals surface area contributed by atoms with Crippen LogP contribution in [0.25, 0.3) is 5.65 Å². The smallest absolute Gasteiger partial charge is 0.270 e. The van der Waals surface area contributed by atoms with E-state index in [0.717, 1.165) is 12.1 Å². The number of halogens is 3. The van der Waals surface area contributed by atoms with Crippen LogP contribution in [0.15, 0.2) is 30.3 Å². The van der Waals surface area contributed by atoms with Crippen LogP contribution in [0.3, 0.4) is 0 Å². The molecule has 1 aromatic carbocycles. The molecule has 3 aromatic rings. The zero-order chi connectivity index (χ0) is 16.6. The summed E-state index contributed by atoms with van der Waals surface area (Å²) >= 11 is 5.82. The van der Waals surface area contributed by atoms with E-state index >= 15 is 0 Å². The van der Waals surface area contributed by atoms with Gasteiger partial charge in [-0.2, -0.15) is 5.10 Å². The highest BCUT2D eigenvalue weighted by Crippen LogP contribution is 2.13. The molecule has 0 aliphatic rings. The Hall–Kier alpha value is -2.54. The average Bonchev–Trinajstić information content (AvgIpc) is 2.89. The first-order valence-electron chi connectivity index (χ1n) is 6.69. The third-order valence-corrected chi connectivity index (χ3v) is 3.43. The number of hydrogen-bond acceptors (Lipinski definition) is 3. The Labute approximate surface area is 134 Å². The third kappa shape index (κ3) is 3.14. The van der Waals surface area contributed by atoms with Gasteiger partial charge in [-0.3, -0.25) is 4.79 Å². The number of fused-ring (bicyclic) bond motifs is 1. The molecule has 0 atom stereocenters. The van der Waals surface area contributed by atoms with Crippen LogP contribution in [0, 0.1) is 18.6 Å². The molecule has 2 aromatic heterocycles. The number of carbonyl (C=O) groups excluding carboxylic acids is 1. The Morgan fingerprint density at radius 3 is 2.78 bits per heavy atom. The maximum Gasteiger partial charge on any atom is 0.270 e. The van der Waals surface area contributed by atoms with Crippen LogP contribution in [-0.2, 0) is 6.54 Å². The molecule has 118 valence electrons. The highest BCUT2D eigenvalue weighted by atomic mass is 35.5. The van der Waals surface area contributed by atoms with Gasteiger partial charge < -0.3 is 5.32 Å². The van der Waals surface area contributed by atoms with Gasteiger partial charge in [0.15, 0.2) is 22.4 Å². The monoisotopic (exact) mass is 336 g/mol. The minimum atomic E-state index is -0.957. The van der Waals surface area contributed by atoms with Crippen molar-refractivity contribution >= 4 is 23.2 Å². The Morgan fingerprint density at radius 2 is 2.04 bits per heavy atom. The zero-order valence-electron chi connectivity index (χ0n) is 12.0. The van der Waals surface area contributed by atoms with E-state index in [1.165, 1.54) is 10.6 Å². The molecule has 0 aliphatic heterocycles. The maximum absolute atomic E-state index is 13.1. The minimum absolute atomic E-state index is 0.0575. The van der Waals surface area contributed by atoms with E-state index in [1.807, 2.05) is 0 Å². The van der Waals surface area contributed by atoms with Crippen LogP contribution in [0.1, 0.15) is 21.7 Å². The molecule has 2 heterocycles. The van der Waals surface area contributed by atoms with Crippen molar-refractivity contribution in [2.24, 2.45) is 0 Å². The lowest BCUT2D eigenvalue weighted by Crippen LogP contribution is -2.24. The Balaban J connectivity index is 1.79. The summed E-state index contributed by atoms with van der Waals surface area (Å²) in [4.78, 5) is 16.3. The van der Waals surface area contributed by atoms with E-state index in [4.69, 9.17) is 11.6 Å². The lowest BCUT2D eigenvalue weighted by Gasteiger charge is -2.07. The molecule has 3 rings (SSSR count). The zero-order valence-corrected chi connectivity index (χ0v) is 12.7. The molecule has 0 unspecified atom stereocenters. The van der Waals surface area contributed by atoms with Crippen molar-refractivity contribution in [3.63, 3.8) is 0 Å². The van der Waals surface area contributed by atoms with Crippen molar-refractivity contribution in [2.75, 3.05) is 0 Å². The molecule has 1 amide bonds. The summed E-state index contributed by atoms with van der Waals surface area (Å²) in [5.41, 5.74) is 1.78. The van der Waals surface area contributed by atoms with Crippen LogP contribution >= 0.6 is 11.6 Å². The lowest BCUT2D eigenvalue weighted by atomic mass is 10.2. The summed E-state index contributed by atoms with van der Waals surface area (Å²) in [7, 11) is 0. The number of amides is 1. The van der Waals surface area contributed by atoms with Gasteiger partial charge in [0, 0.05) is 18.3 Å². The predicted molar refractivity (Wildman–Crippen MR) is 80.3 cm³/mol. The Morgan fingerprint density at radius 1 is 1.26 bits per heavy atom. The molecule has 8 heteroatoms. The summed E-state index contributed by atoms with van der Waals surface area (Å²) in [5.74, 6) is -2.32. The predicted octanol–water partition coefficient (Wildman–Crippen LogP) is 2.90. The van der Waals surface area contributed by atoms with Gasteiger partial charge in [0.1, 0.15) is 5.69 Å². The summed E-state index contributed by atoms with van der Waals surface area (Å²) < 4.78 is 27.5. The molecular weight excluding hydrogens is 326 g/mol. The molecule has 0 saturated carbocycles. The summed E-state index contributed by atoms with van der Waals surface area (Å²) in [6.45, 7) is 1.83. The highest BCUT2D eigenvalue weighted by Gasteiger charge is 2.12. The SMILES string of the molecule is Cc1cc(C(=O)NCc2ccc(F)c(F)c2)nc2cc(Cl)nn12. The summed E-state index contributed by atoms with van der Waals surface area (Å²) in [6.07, 6.45) is 0. The molecule has 0 fully saturated rings. The van der Waals surface area contributed by atoms with E-state index in [1.54, 1.807) is 19.1 Å². The van der Waals surface area contributed by atoms with Crippen molar-refractivity contribution in [2.45, 2.75) is 13.5 Å². The first kappa shape index (κ1) is 15.4. The van der Waals surface area contributed by atoms with E-state index in [9.17, 15) is 13.6 Å². The molecule has 0 bridgehead atoms. The van der Waals surface area contributed by atoms with E-state index in [-0.39, 0.29) is 17.4 Å². The first-order chi connectivity index (χ1) is 10.9. The fourth-order valence-electron chi connectivity index (χ4n) is 2.14. The largest absolute Gasteiger partial charge is 0.347 e. The van der Waals surface area contributed by atoms with Gasteiger partial charge in [-0.05, 0) is 30.7 Å². The van der Waals surface area contributed by atoms with Crippen LogP contribution in [0.4, 0.5) is 8.78 Å². The van der Waals surface area contributed by atoms with Crippen molar-refractivity contribution in [3.8, 4) is 0 Å². The molecule has 0 spiro atoms. The fourth-order valence-corrected chi connectivity index (χ4v) is 2.31. The molecule has 0 radical (unpaired) electrons. The molecule has 23 heavy (non-hydrogen) atoms. The van der Waals surface area contributed by atoms with Crippen molar-refractivity contribution in [1.82, 2.24) is 19.9 Å². The second-order valence-electron chi connectivity index (χ2n) is 4.95. The topological polar surface area (TPSA) is 59.3 Å². The fraction of sp³-hybridized carbons (Fsp3) is 0.133. The lowest BCUT2D eigenvalue weighted by molar-refractivity contribution is 0.0946. The molecular formula is C15H11ClF2N4O. The van der Waals surface area contributed by atoms with E-state index in [2.05, 4.69) is 15.4 Å². The molecule has 1 N–H and O–H groups in total. The van der Waals surface area contributed by atoms with Crippen LogP contribution < -0.4 is 5.32 Å². The van der Waals surface area contributed by atoms with Gasteiger partial charge in [0.2, 0.25) is 0 Å². The van der Waals surface area contributed by atoms with Crippen LogP contribution in [-0.4, -0.2) is 20.5 Å². The van der Waals surface area contributed by atoms with Gasteiger partial charge >= 0.3 is 0 Å². The molecule has 5 nitrogen and oxygen atoms in total. The second kappa shape index (κ2) is 5.92. The van der Waals surface area contributed by atoms with Gasteiger partial charge in [-0.1, -0.05) is 17.7 Å². The van der Waals surface area contributed by atoms with Gasteiger partial charge in [-0.25, -0.2) is 18.3 Å². The van der Waals surface area contributed by atoms with Crippen molar-refractivity contribution in [3.05, 3.63) is 64.1 Å². The van der Waals surface area contributed by atoms with Crippen LogP contribution in [0.5, 0.6) is 0 Å². The third-order valence-electron chi connectivity index (χ3n) is 3.25. The number of carbonyl (C=O) groups is 1. The summed E-state index contributed by atoms with van der Waals surface area (Å²) in [6, 6.07) is 6.56.